The molecule has 3 rings (SSSR count). The Morgan fingerprint density at radius 1 is 1.19 bits per heavy atom. The van der Waals surface area contributed by atoms with E-state index in [1.165, 1.54) is 6.07 Å². The van der Waals surface area contributed by atoms with Crippen LogP contribution in [0.4, 0.5) is 14.5 Å². The molecule has 0 aromatic heterocycles. The van der Waals surface area contributed by atoms with E-state index in [9.17, 15) is 13.9 Å². The Bertz CT molecular complexity index is 646. The van der Waals surface area contributed by atoms with E-state index in [0.29, 0.717) is 5.69 Å². The van der Waals surface area contributed by atoms with Gasteiger partial charge in [-0.05, 0) is 48.2 Å². The van der Waals surface area contributed by atoms with Crippen molar-refractivity contribution in [1.82, 2.24) is 0 Å². The van der Waals surface area contributed by atoms with Gasteiger partial charge in [-0.3, -0.25) is 0 Å². The Hall–Kier alpha value is -2.30. The fraction of sp³-hybridized carbons (Fsp3) is 0.250. The molecule has 1 aliphatic carbocycles. The SMILES string of the molecule is Oc1ccc2c(c1)CCC2Nc1ccccc1OC(F)F. The first-order valence-corrected chi connectivity index (χ1v) is 6.75. The Morgan fingerprint density at radius 3 is 2.81 bits per heavy atom. The van der Waals surface area contributed by atoms with Crippen molar-refractivity contribution in [2.45, 2.75) is 25.5 Å². The van der Waals surface area contributed by atoms with E-state index in [1.54, 1.807) is 30.3 Å². The molecule has 1 unspecified atom stereocenters. The lowest BCUT2D eigenvalue weighted by molar-refractivity contribution is -0.0493. The maximum Gasteiger partial charge on any atom is 0.387 e. The number of phenolic OH excluding ortho intramolecular Hbond substituents is 1. The molecule has 1 aliphatic rings. The van der Waals surface area contributed by atoms with Crippen molar-refractivity contribution in [3.63, 3.8) is 0 Å². The van der Waals surface area contributed by atoms with E-state index in [0.717, 1.165) is 24.0 Å². The highest BCUT2D eigenvalue weighted by Gasteiger charge is 2.23. The molecule has 1 atom stereocenters. The molecule has 2 aromatic carbocycles. The summed E-state index contributed by atoms with van der Waals surface area (Å²) in [5.74, 6) is 0.385. The van der Waals surface area contributed by atoms with E-state index < -0.39 is 6.61 Å². The Kier molecular flexibility index (Phi) is 3.64. The van der Waals surface area contributed by atoms with Crippen LogP contribution in [-0.2, 0) is 6.42 Å². The van der Waals surface area contributed by atoms with Gasteiger partial charge in [0.05, 0.1) is 11.7 Å². The van der Waals surface area contributed by atoms with Crippen LogP contribution in [0, 0.1) is 0 Å². The minimum atomic E-state index is -2.85. The van der Waals surface area contributed by atoms with Crippen LogP contribution in [0.25, 0.3) is 0 Å². The number of hydrogen-bond donors (Lipinski definition) is 2. The maximum atomic E-state index is 12.4. The minimum absolute atomic E-state index is 0.0306. The van der Waals surface area contributed by atoms with Crippen LogP contribution in [0.1, 0.15) is 23.6 Å². The van der Waals surface area contributed by atoms with Gasteiger partial charge < -0.3 is 15.2 Å². The number of aromatic hydroxyl groups is 1. The highest BCUT2D eigenvalue weighted by Crippen LogP contribution is 2.37. The predicted molar refractivity (Wildman–Crippen MR) is 75.9 cm³/mol. The summed E-state index contributed by atoms with van der Waals surface area (Å²) >= 11 is 0. The van der Waals surface area contributed by atoms with E-state index in [1.807, 2.05) is 6.07 Å². The monoisotopic (exact) mass is 291 g/mol. The number of anilines is 1. The number of phenols is 1. The van der Waals surface area contributed by atoms with Gasteiger partial charge in [0.15, 0.2) is 0 Å². The van der Waals surface area contributed by atoms with Crippen LogP contribution < -0.4 is 10.1 Å². The van der Waals surface area contributed by atoms with Gasteiger partial charge >= 0.3 is 6.61 Å². The molecule has 0 saturated heterocycles. The molecule has 0 saturated carbocycles. The lowest BCUT2D eigenvalue weighted by Crippen LogP contribution is -2.10. The summed E-state index contributed by atoms with van der Waals surface area (Å²) in [6.07, 6.45) is 1.70. The second-order valence-electron chi connectivity index (χ2n) is 4.99. The van der Waals surface area contributed by atoms with Gasteiger partial charge in [0, 0.05) is 0 Å². The third-order valence-corrected chi connectivity index (χ3v) is 3.64. The lowest BCUT2D eigenvalue weighted by Gasteiger charge is -2.18. The Morgan fingerprint density at radius 2 is 2.00 bits per heavy atom. The van der Waals surface area contributed by atoms with E-state index >= 15 is 0 Å². The van der Waals surface area contributed by atoms with Crippen molar-refractivity contribution in [3.8, 4) is 11.5 Å². The molecule has 0 radical (unpaired) electrons. The summed E-state index contributed by atoms with van der Waals surface area (Å²) < 4.78 is 29.4. The number of ether oxygens (including phenoxy) is 1. The van der Waals surface area contributed by atoms with Crippen molar-refractivity contribution in [3.05, 3.63) is 53.6 Å². The van der Waals surface area contributed by atoms with Crippen molar-refractivity contribution in [2.75, 3.05) is 5.32 Å². The van der Waals surface area contributed by atoms with Crippen LogP contribution in [0.3, 0.4) is 0 Å². The maximum absolute atomic E-state index is 12.4. The molecule has 0 spiro atoms. The highest BCUT2D eigenvalue weighted by atomic mass is 19.3. The number of para-hydroxylation sites is 2. The van der Waals surface area contributed by atoms with Crippen molar-refractivity contribution < 1.29 is 18.6 Å². The van der Waals surface area contributed by atoms with Crippen LogP contribution in [0.2, 0.25) is 0 Å². The number of aryl methyl sites for hydroxylation is 1. The van der Waals surface area contributed by atoms with E-state index in [4.69, 9.17) is 0 Å². The number of halogens is 2. The van der Waals surface area contributed by atoms with Crippen LogP contribution >= 0.6 is 0 Å². The summed E-state index contributed by atoms with van der Waals surface area (Å²) in [5.41, 5.74) is 2.71. The highest BCUT2D eigenvalue weighted by molar-refractivity contribution is 5.58. The van der Waals surface area contributed by atoms with Gasteiger partial charge in [0.1, 0.15) is 11.5 Å². The molecule has 0 bridgehead atoms. The minimum Gasteiger partial charge on any atom is -0.508 e. The number of fused-ring (bicyclic) bond motifs is 1. The number of nitrogens with one attached hydrogen (secondary N) is 1. The normalized spacial score (nSPS) is 16.8. The fourth-order valence-corrected chi connectivity index (χ4v) is 2.73. The molecule has 21 heavy (non-hydrogen) atoms. The van der Waals surface area contributed by atoms with Gasteiger partial charge in [0.2, 0.25) is 0 Å². The van der Waals surface area contributed by atoms with Crippen molar-refractivity contribution >= 4 is 5.69 Å². The molecule has 2 N–H and O–H groups in total. The summed E-state index contributed by atoms with van der Waals surface area (Å²) in [4.78, 5) is 0. The quantitative estimate of drug-likeness (QED) is 0.891. The average molecular weight is 291 g/mol. The fourth-order valence-electron chi connectivity index (χ4n) is 2.73. The van der Waals surface area contributed by atoms with Gasteiger partial charge in [-0.15, -0.1) is 0 Å². The molecule has 110 valence electrons. The molecule has 0 heterocycles. The van der Waals surface area contributed by atoms with Gasteiger partial charge in [-0.25, -0.2) is 0 Å². The summed E-state index contributed by atoms with van der Waals surface area (Å²) in [5, 5.41) is 12.7. The van der Waals surface area contributed by atoms with Gasteiger partial charge in [-0.1, -0.05) is 18.2 Å². The molecule has 3 nitrogen and oxygen atoms in total. The molecule has 0 fully saturated rings. The molecular weight excluding hydrogens is 276 g/mol. The summed E-state index contributed by atoms with van der Waals surface area (Å²) in [7, 11) is 0. The zero-order chi connectivity index (χ0) is 14.8. The van der Waals surface area contributed by atoms with Crippen LogP contribution in [0.5, 0.6) is 11.5 Å². The van der Waals surface area contributed by atoms with Crippen LogP contribution in [-0.4, -0.2) is 11.7 Å². The Labute approximate surface area is 121 Å². The van der Waals surface area contributed by atoms with Crippen LogP contribution in [0.15, 0.2) is 42.5 Å². The smallest absolute Gasteiger partial charge is 0.387 e. The summed E-state index contributed by atoms with van der Waals surface area (Å²) in [6, 6.07) is 11.9. The van der Waals surface area contributed by atoms with Gasteiger partial charge in [0.25, 0.3) is 0 Å². The molecule has 5 heteroatoms. The number of benzene rings is 2. The standard InChI is InChI=1S/C16H15F2NO2/c17-16(18)21-15-4-2-1-3-14(15)19-13-8-5-10-9-11(20)6-7-12(10)13/h1-4,6-7,9,13,16,19-20H,5,8H2. The number of hydrogen-bond acceptors (Lipinski definition) is 3. The lowest BCUT2D eigenvalue weighted by atomic mass is 10.1. The molecule has 2 aromatic rings. The van der Waals surface area contributed by atoms with Crippen molar-refractivity contribution in [2.24, 2.45) is 0 Å². The predicted octanol–water partition coefficient (Wildman–Crippen LogP) is 4.09. The van der Waals surface area contributed by atoms with Crippen molar-refractivity contribution in [1.29, 1.82) is 0 Å². The number of rotatable bonds is 4. The Balaban J connectivity index is 1.83. The third-order valence-electron chi connectivity index (χ3n) is 3.64. The second-order valence-corrected chi connectivity index (χ2v) is 4.99. The molecule has 0 aliphatic heterocycles. The molecule has 0 amide bonds. The molecular formula is C16H15F2NO2. The second kappa shape index (κ2) is 5.60. The summed E-state index contributed by atoms with van der Waals surface area (Å²) in [6.45, 7) is -2.85. The topological polar surface area (TPSA) is 41.5 Å². The first-order valence-electron chi connectivity index (χ1n) is 6.75. The zero-order valence-corrected chi connectivity index (χ0v) is 11.2. The van der Waals surface area contributed by atoms with Gasteiger partial charge in [-0.2, -0.15) is 8.78 Å². The third kappa shape index (κ3) is 2.91. The first kappa shape index (κ1) is 13.7. The van der Waals surface area contributed by atoms with E-state index in [-0.39, 0.29) is 17.5 Å². The zero-order valence-electron chi connectivity index (χ0n) is 11.2. The number of alkyl halides is 2. The first-order chi connectivity index (χ1) is 10.1. The van der Waals surface area contributed by atoms with E-state index in [2.05, 4.69) is 10.1 Å². The average Bonchev–Trinajstić information content (AvgIpc) is 2.83. The largest absolute Gasteiger partial charge is 0.508 e.